The van der Waals surface area contributed by atoms with Gasteiger partial charge in [0.25, 0.3) is 11.8 Å². The minimum absolute atomic E-state index is 0.0737. The minimum atomic E-state index is -3.87. The number of carbonyl (C=O) groups excluding carboxylic acids is 2. The summed E-state index contributed by atoms with van der Waals surface area (Å²) in [5.41, 5.74) is 1.41. The maximum Gasteiger partial charge on any atom is 0.266 e. The van der Waals surface area contributed by atoms with Gasteiger partial charge in [0.2, 0.25) is 10.0 Å². The average Bonchev–Trinajstić information content (AvgIpc) is 3.10. The van der Waals surface area contributed by atoms with Crippen LogP contribution in [0.4, 0.5) is 5.69 Å². The van der Waals surface area contributed by atoms with Crippen molar-refractivity contribution in [3.05, 3.63) is 46.3 Å². The van der Waals surface area contributed by atoms with Gasteiger partial charge >= 0.3 is 0 Å². The molecule has 0 bridgehead atoms. The van der Waals surface area contributed by atoms with Crippen LogP contribution in [-0.2, 0) is 10.0 Å². The Morgan fingerprint density at radius 3 is 2.55 bits per heavy atom. The molecule has 0 spiro atoms. The maximum absolute atomic E-state index is 12.7. The number of anilines is 1. The van der Waals surface area contributed by atoms with Crippen molar-refractivity contribution in [2.24, 2.45) is 11.1 Å². The van der Waals surface area contributed by atoms with E-state index in [1.54, 1.807) is 36.1 Å². The molecular weight excluding hydrogens is 414 g/mol. The average molecular weight is 438 g/mol. The number of aliphatic hydroxyl groups excluding tert-OH is 1. The number of amides is 2. The van der Waals surface area contributed by atoms with E-state index in [0.29, 0.717) is 29.9 Å². The normalized spacial score (nSPS) is 15.3. The molecule has 1 aromatic carbocycles. The van der Waals surface area contributed by atoms with E-state index in [2.05, 4.69) is 5.32 Å². The molecule has 1 aliphatic rings. The smallest absolute Gasteiger partial charge is 0.266 e. The summed E-state index contributed by atoms with van der Waals surface area (Å²) in [4.78, 5) is 27.3. The molecule has 2 aromatic rings. The third-order valence-electron chi connectivity index (χ3n) is 4.91. The van der Waals surface area contributed by atoms with Gasteiger partial charge in [-0.3, -0.25) is 9.59 Å². The molecule has 4 N–H and O–H groups in total. The molecule has 156 valence electrons. The summed E-state index contributed by atoms with van der Waals surface area (Å²) >= 11 is 0.809. The lowest BCUT2D eigenvalue weighted by molar-refractivity contribution is 0.0650. The van der Waals surface area contributed by atoms with E-state index in [1.165, 1.54) is 6.07 Å². The molecule has 29 heavy (non-hydrogen) atoms. The number of likely N-dealkylation sites (tertiary alicyclic amines) is 1. The molecule has 0 radical (unpaired) electrons. The predicted octanol–water partition coefficient (Wildman–Crippen LogP) is 1.80. The Bertz CT molecular complexity index is 1020. The van der Waals surface area contributed by atoms with E-state index in [0.717, 1.165) is 24.2 Å². The summed E-state index contributed by atoms with van der Waals surface area (Å²) in [5, 5.41) is 17.1. The second-order valence-electron chi connectivity index (χ2n) is 7.08. The van der Waals surface area contributed by atoms with Crippen LogP contribution in [0.15, 0.2) is 34.5 Å². The lowest BCUT2D eigenvalue weighted by Crippen LogP contribution is -2.39. The molecule has 1 saturated heterocycles. The number of hydrogen-bond acceptors (Lipinski definition) is 6. The van der Waals surface area contributed by atoms with E-state index >= 15 is 0 Å². The third kappa shape index (κ3) is 5.02. The number of piperidine rings is 1. The summed E-state index contributed by atoms with van der Waals surface area (Å²) < 4.78 is 22.9. The van der Waals surface area contributed by atoms with Crippen LogP contribution in [0.1, 0.15) is 38.4 Å². The van der Waals surface area contributed by atoms with Crippen molar-refractivity contribution in [2.75, 3.05) is 25.0 Å². The van der Waals surface area contributed by atoms with Crippen LogP contribution in [0.2, 0.25) is 0 Å². The number of aryl methyl sites for hydroxylation is 1. The van der Waals surface area contributed by atoms with E-state index in [-0.39, 0.29) is 27.5 Å². The lowest BCUT2D eigenvalue weighted by Gasteiger charge is -2.31. The first-order valence-corrected chi connectivity index (χ1v) is 11.5. The first kappa shape index (κ1) is 21.4. The summed E-state index contributed by atoms with van der Waals surface area (Å²) in [6.07, 6.45) is 1.53. The quantitative estimate of drug-likeness (QED) is 0.657. The number of hydrogen-bond donors (Lipinski definition) is 3. The van der Waals surface area contributed by atoms with Crippen molar-refractivity contribution >= 4 is 38.9 Å². The highest BCUT2D eigenvalue weighted by Crippen LogP contribution is 2.26. The number of nitrogens with one attached hydrogen (secondary N) is 1. The number of rotatable bonds is 5. The third-order valence-corrected chi connectivity index (χ3v) is 7.57. The number of thiophene rings is 1. The molecule has 2 amide bonds. The van der Waals surface area contributed by atoms with Gasteiger partial charge in [-0.1, -0.05) is 6.07 Å². The van der Waals surface area contributed by atoms with Gasteiger partial charge in [-0.05, 0) is 55.5 Å². The predicted molar refractivity (Wildman–Crippen MR) is 111 cm³/mol. The standard InChI is InChI=1S/C19H23N3O5S2/c1-12-9-16(29(20,26)27)28-17(12)18(24)21-15-4-2-3-14(10-15)19(25)22-7-5-13(11-23)6-8-22/h2-4,9-10,13,23H,5-8,11H2,1H3,(H,21,24)(H2,20,26,27). The van der Waals surface area contributed by atoms with E-state index in [1.807, 2.05) is 0 Å². The Balaban J connectivity index is 1.72. The second kappa shape index (κ2) is 8.62. The minimum Gasteiger partial charge on any atom is -0.396 e. The van der Waals surface area contributed by atoms with Gasteiger partial charge in [-0.15, -0.1) is 11.3 Å². The molecule has 0 atom stereocenters. The molecule has 1 aromatic heterocycles. The number of carbonyl (C=O) groups is 2. The highest BCUT2D eigenvalue weighted by molar-refractivity contribution is 7.91. The Morgan fingerprint density at radius 1 is 1.28 bits per heavy atom. The Morgan fingerprint density at radius 2 is 1.97 bits per heavy atom. The number of nitrogens with two attached hydrogens (primary N) is 1. The zero-order valence-corrected chi connectivity index (χ0v) is 17.6. The van der Waals surface area contributed by atoms with Crippen LogP contribution in [0.25, 0.3) is 0 Å². The van der Waals surface area contributed by atoms with Crippen LogP contribution in [-0.4, -0.2) is 49.9 Å². The SMILES string of the molecule is Cc1cc(S(N)(=O)=O)sc1C(=O)Nc1cccc(C(=O)N2CCC(CO)CC2)c1. The Hall–Kier alpha value is -2.27. The summed E-state index contributed by atoms with van der Waals surface area (Å²) in [6.45, 7) is 2.95. The van der Waals surface area contributed by atoms with Gasteiger partial charge in [-0.2, -0.15) is 0 Å². The summed E-state index contributed by atoms with van der Waals surface area (Å²) in [5.74, 6) is -0.349. The molecule has 1 fully saturated rings. The fraction of sp³-hybridized carbons (Fsp3) is 0.368. The number of aliphatic hydroxyl groups is 1. The van der Waals surface area contributed by atoms with Crippen molar-refractivity contribution < 1.29 is 23.1 Å². The van der Waals surface area contributed by atoms with Crippen molar-refractivity contribution in [3.8, 4) is 0 Å². The van der Waals surface area contributed by atoms with Crippen molar-refractivity contribution in [2.45, 2.75) is 24.0 Å². The largest absolute Gasteiger partial charge is 0.396 e. The van der Waals surface area contributed by atoms with Gasteiger partial charge in [0.1, 0.15) is 4.21 Å². The molecule has 1 aliphatic heterocycles. The fourth-order valence-corrected chi connectivity index (χ4v) is 5.09. The lowest BCUT2D eigenvalue weighted by atomic mass is 9.97. The first-order chi connectivity index (χ1) is 13.7. The van der Waals surface area contributed by atoms with E-state index in [9.17, 15) is 23.1 Å². The van der Waals surface area contributed by atoms with Gasteiger partial charge in [0.15, 0.2) is 0 Å². The molecule has 8 nitrogen and oxygen atoms in total. The van der Waals surface area contributed by atoms with Crippen molar-refractivity contribution in [3.63, 3.8) is 0 Å². The Kier molecular flexibility index (Phi) is 6.37. The molecule has 0 aliphatic carbocycles. The molecule has 3 rings (SSSR count). The molecule has 0 unspecified atom stereocenters. The molecular formula is C19H23N3O5S2. The first-order valence-electron chi connectivity index (χ1n) is 9.14. The van der Waals surface area contributed by atoms with Crippen molar-refractivity contribution in [1.82, 2.24) is 4.90 Å². The number of benzene rings is 1. The highest BCUT2D eigenvalue weighted by atomic mass is 32.2. The molecule has 10 heteroatoms. The van der Waals surface area contributed by atoms with Gasteiger partial charge in [0, 0.05) is 30.9 Å². The summed E-state index contributed by atoms with van der Waals surface area (Å²) in [6, 6.07) is 7.99. The fourth-order valence-electron chi connectivity index (χ4n) is 3.24. The Labute approximate surface area is 173 Å². The number of nitrogens with zero attached hydrogens (tertiary/aromatic N) is 1. The van der Waals surface area contributed by atoms with Gasteiger partial charge < -0.3 is 15.3 Å². The van der Waals surface area contributed by atoms with Crippen LogP contribution < -0.4 is 10.5 Å². The van der Waals surface area contributed by atoms with Crippen LogP contribution in [0, 0.1) is 12.8 Å². The highest BCUT2D eigenvalue weighted by Gasteiger charge is 2.24. The zero-order valence-electron chi connectivity index (χ0n) is 15.9. The monoisotopic (exact) mass is 437 g/mol. The summed E-state index contributed by atoms with van der Waals surface area (Å²) in [7, 11) is -3.87. The van der Waals surface area contributed by atoms with Crippen molar-refractivity contribution in [1.29, 1.82) is 0 Å². The topological polar surface area (TPSA) is 130 Å². The maximum atomic E-state index is 12.7. The van der Waals surface area contributed by atoms with Crippen LogP contribution in [0.5, 0.6) is 0 Å². The van der Waals surface area contributed by atoms with Gasteiger partial charge in [-0.25, -0.2) is 13.6 Å². The number of primary sulfonamides is 1. The van der Waals surface area contributed by atoms with Gasteiger partial charge in [0.05, 0.1) is 4.88 Å². The second-order valence-corrected chi connectivity index (χ2v) is 9.92. The van der Waals surface area contributed by atoms with Crippen LogP contribution >= 0.6 is 11.3 Å². The molecule has 2 heterocycles. The van der Waals surface area contributed by atoms with E-state index in [4.69, 9.17) is 5.14 Å². The van der Waals surface area contributed by atoms with E-state index < -0.39 is 15.9 Å². The number of sulfonamides is 1. The zero-order chi connectivity index (χ0) is 21.2. The van der Waals surface area contributed by atoms with Crippen LogP contribution in [0.3, 0.4) is 0 Å². The molecule has 0 saturated carbocycles.